The van der Waals surface area contributed by atoms with Crippen molar-refractivity contribution >= 4 is 12.1 Å². The van der Waals surface area contributed by atoms with Gasteiger partial charge in [-0.25, -0.2) is 14.5 Å². The fourth-order valence-corrected chi connectivity index (χ4v) is 1.47. The van der Waals surface area contributed by atoms with Gasteiger partial charge < -0.3 is 10.1 Å². The molecule has 0 unspecified atom stereocenters. The van der Waals surface area contributed by atoms with E-state index in [4.69, 9.17) is 4.74 Å². The van der Waals surface area contributed by atoms with E-state index in [1.54, 1.807) is 24.3 Å². The van der Waals surface area contributed by atoms with Gasteiger partial charge in [-0.15, -0.1) is 0 Å². The van der Waals surface area contributed by atoms with Crippen molar-refractivity contribution in [2.24, 2.45) is 0 Å². The lowest BCUT2D eigenvalue weighted by atomic mass is 10.3. The molecule has 0 saturated carbocycles. The third-order valence-electron chi connectivity index (χ3n) is 2.39. The maximum Gasteiger partial charge on any atom is 0.423 e. The van der Waals surface area contributed by atoms with Gasteiger partial charge in [0.2, 0.25) is 0 Å². The predicted molar refractivity (Wildman–Crippen MR) is 73.2 cm³/mol. The molecule has 0 saturated heterocycles. The highest BCUT2D eigenvalue weighted by atomic mass is 16.6. The van der Waals surface area contributed by atoms with Gasteiger partial charge in [0.05, 0.1) is 0 Å². The van der Waals surface area contributed by atoms with Crippen molar-refractivity contribution < 1.29 is 14.3 Å². The highest BCUT2D eigenvalue weighted by Gasteiger charge is 2.22. The highest BCUT2D eigenvalue weighted by molar-refractivity contribution is 5.91. The maximum atomic E-state index is 12.0. The molecule has 0 bridgehead atoms. The molecule has 5 heteroatoms. The van der Waals surface area contributed by atoms with Gasteiger partial charge in [-0.3, -0.25) is 0 Å². The van der Waals surface area contributed by atoms with Crippen LogP contribution in [0.25, 0.3) is 0 Å². The average molecular weight is 264 g/mol. The second-order valence-electron chi connectivity index (χ2n) is 4.06. The molecule has 0 aliphatic heterocycles. The summed E-state index contributed by atoms with van der Waals surface area (Å²) in [6.07, 6.45) is 0.852. The van der Waals surface area contributed by atoms with Crippen LogP contribution in [-0.2, 0) is 0 Å². The highest BCUT2D eigenvalue weighted by Crippen LogP contribution is 2.10. The first-order chi connectivity index (χ1) is 9.19. The number of amides is 3. The van der Waals surface area contributed by atoms with Crippen molar-refractivity contribution in [3.8, 4) is 5.75 Å². The molecule has 1 aromatic carbocycles. The molecule has 0 spiro atoms. The first-order valence-electron chi connectivity index (χ1n) is 6.51. The van der Waals surface area contributed by atoms with Crippen LogP contribution in [0.1, 0.15) is 26.7 Å². The zero-order valence-electron chi connectivity index (χ0n) is 11.4. The van der Waals surface area contributed by atoms with E-state index >= 15 is 0 Å². The molecule has 5 nitrogen and oxygen atoms in total. The van der Waals surface area contributed by atoms with E-state index in [-0.39, 0.29) is 0 Å². The third-order valence-corrected chi connectivity index (χ3v) is 2.39. The van der Waals surface area contributed by atoms with Crippen LogP contribution in [0.5, 0.6) is 5.75 Å². The maximum absolute atomic E-state index is 12.0. The molecule has 0 heterocycles. The van der Waals surface area contributed by atoms with Crippen molar-refractivity contribution in [2.45, 2.75) is 26.7 Å². The second-order valence-corrected chi connectivity index (χ2v) is 4.06. The Morgan fingerprint density at radius 2 is 1.84 bits per heavy atom. The van der Waals surface area contributed by atoms with Crippen molar-refractivity contribution in [2.75, 3.05) is 13.1 Å². The van der Waals surface area contributed by atoms with Crippen LogP contribution in [0.15, 0.2) is 30.3 Å². The Morgan fingerprint density at radius 1 is 1.16 bits per heavy atom. The number of hydrogen-bond donors (Lipinski definition) is 1. The van der Waals surface area contributed by atoms with Gasteiger partial charge in [0, 0.05) is 13.1 Å². The Bertz CT molecular complexity index is 406. The van der Waals surface area contributed by atoms with Gasteiger partial charge in [-0.1, -0.05) is 32.0 Å². The number of urea groups is 1. The SMILES string of the molecule is CCCNC(=O)N(CCC)C(=O)Oc1ccccc1. The van der Waals surface area contributed by atoms with Crippen LogP contribution >= 0.6 is 0 Å². The Labute approximate surface area is 113 Å². The van der Waals surface area contributed by atoms with Crippen LogP contribution in [0.4, 0.5) is 9.59 Å². The van der Waals surface area contributed by atoms with Gasteiger partial charge in [0.1, 0.15) is 5.75 Å². The average Bonchev–Trinajstić information content (AvgIpc) is 2.43. The summed E-state index contributed by atoms with van der Waals surface area (Å²) in [5, 5.41) is 2.67. The van der Waals surface area contributed by atoms with E-state index in [0.717, 1.165) is 11.3 Å². The van der Waals surface area contributed by atoms with Gasteiger partial charge >= 0.3 is 12.1 Å². The third kappa shape index (κ3) is 4.99. The lowest BCUT2D eigenvalue weighted by Crippen LogP contribution is -2.45. The number of benzene rings is 1. The van der Waals surface area contributed by atoms with E-state index in [9.17, 15) is 9.59 Å². The van der Waals surface area contributed by atoms with Crippen LogP contribution in [0, 0.1) is 0 Å². The second kappa shape index (κ2) is 8.13. The molecule has 1 aromatic rings. The number of ether oxygens (including phenoxy) is 1. The Kier molecular flexibility index (Phi) is 6.43. The monoisotopic (exact) mass is 264 g/mol. The van der Waals surface area contributed by atoms with Crippen LogP contribution in [0.3, 0.4) is 0 Å². The molecule has 1 rings (SSSR count). The van der Waals surface area contributed by atoms with Crippen molar-refractivity contribution in [1.29, 1.82) is 0 Å². The summed E-state index contributed by atoms with van der Waals surface area (Å²) in [6, 6.07) is 8.30. The summed E-state index contributed by atoms with van der Waals surface area (Å²) in [4.78, 5) is 24.9. The Hall–Kier alpha value is -2.04. The molecule has 1 N–H and O–H groups in total. The molecule has 0 aliphatic rings. The molecular weight excluding hydrogens is 244 g/mol. The Morgan fingerprint density at radius 3 is 2.42 bits per heavy atom. The van der Waals surface area contributed by atoms with Crippen molar-refractivity contribution in [3.63, 3.8) is 0 Å². The van der Waals surface area contributed by atoms with Crippen LogP contribution in [-0.4, -0.2) is 30.1 Å². The number of carbonyl (C=O) groups is 2. The van der Waals surface area contributed by atoms with E-state index in [2.05, 4.69) is 5.32 Å². The number of rotatable bonds is 5. The zero-order valence-corrected chi connectivity index (χ0v) is 11.4. The number of hydrogen-bond acceptors (Lipinski definition) is 3. The summed E-state index contributed by atoms with van der Waals surface area (Å²) in [5.74, 6) is 0.428. The van der Waals surface area contributed by atoms with E-state index in [1.807, 2.05) is 19.9 Å². The zero-order chi connectivity index (χ0) is 14.1. The minimum absolute atomic E-state index is 0.335. The van der Waals surface area contributed by atoms with Gasteiger partial charge in [-0.05, 0) is 25.0 Å². The summed E-state index contributed by atoms with van der Waals surface area (Å²) in [6.45, 7) is 4.72. The summed E-state index contributed by atoms with van der Waals surface area (Å²) in [7, 11) is 0. The minimum Gasteiger partial charge on any atom is -0.410 e. The molecular formula is C14H20N2O3. The number of nitrogens with one attached hydrogen (secondary N) is 1. The van der Waals surface area contributed by atoms with E-state index in [0.29, 0.717) is 25.3 Å². The van der Waals surface area contributed by atoms with Gasteiger partial charge in [0.15, 0.2) is 0 Å². The van der Waals surface area contributed by atoms with Gasteiger partial charge in [0.25, 0.3) is 0 Å². The predicted octanol–water partition coefficient (Wildman–Crippen LogP) is 3.02. The van der Waals surface area contributed by atoms with Gasteiger partial charge in [-0.2, -0.15) is 0 Å². The summed E-state index contributed by atoms with van der Waals surface area (Å²) < 4.78 is 5.16. The number of nitrogens with zero attached hydrogens (tertiary/aromatic N) is 1. The molecule has 0 fully saturated rings. The number of carbonyl (C=O) groups excluding carboxylic acids is 2. The van der Waals surface area contributed by atoms with Crippen LogP contribution in [0.2, 0.25) is 0 Å². The largest absolute Gasteiger partial charge is 0.423 e. The fourth-order valence-electron chi connectivity index (χ4n) is 1.47. The summed E-state index contributed by atoms with van der Waals surface area (Å²) >= 11 is 0. The molecule has 0 radical (unpaired) electrons. The van der Waals surface area contributed by atoms with Crippen molar-refractivity contribution in [1.82, 2.24) is 10.2 Å². The topological polar surface area (TPSA) is 58.6 Å². The molecule has 3 amide bonds. The molecule has 0 atom stereocenters. The normalized spacial score (nSPS) is 9.79. The molecule has 104 valence electrons. The quantitative estimate of drug-likeness (QED) is 0.889. The molecule has 0 aromatic heterocycles. The van der Waals surface area contributed by atoms with Crippen LogP contribution < -0.4 is 10.1 Å². The van der Waals surface area contributed by atoms with E-state index < -0.39 is 12.1 Å². The lowest BCUT2D eigenvalue weighted by Gasteiger charge is -2.19. The fraction of sp³-hybridized carbons (Fsp3) is 0.429. The first kappa shape index (κ1) is 15.0. The minimum atomic E-state index is -0.651. The first-order valence-corrected chi connectivity index (χ1v) is 6.51. The molecule has 19 heavy (non-hydrogen) atoms. The number of para-hydroxylation sites is 1. The van der Waals surface area contributed by atoms with E-state index in [1.165, 1.54) is 0 Å². The van der Waals surface area contributed by atoms with Crippen molar-refractivity contribution in [3.05, 3.63) is 30.3 Å². The molecule has 0 aliphatic carbocycles. The smallest absolute Gasteiger partial charge is 0.410 e. The summed E-state index contributed by atoms with van der Waals surface area (Å²) in [5.41, 5.74) is 0. The number of imide groups is 1. The standard InChI is InChI=1S/C14H20N2O3/c1-3-10-15-13(17)16(11-4-2)14(18)19-12-8-6-5-7-9-12/h5-9H,3-4,10-11H2,1-2H3,(H,15,17). The Balaban J connectivity index is 2.64. The lowest BCUT2D eigenvalue weighted by molar-refractivity contribution is 0.153.